The fourth-order valence-corrected chi connectivity index (χ4v) is 7.61. The highest BCUT2D eigenvalue weighted by molar-refractivity contribution is 9.10. The molecule has 4 atom stereocenters. The fraction of sp³-hybridized carbons (Fsp3) is 0.371. The van der Waals surface area contributed by atoms with Crippen molar-refractivity contribution in [2.24, 2.45) is 11.8 Å². The van der Waals surface area contributed by atoms with E-state index in [1.54, 1.807) is 27.4 Å². The molecule has 0 bridgehead atoms. The van der Waals surface area contributed by atoms with Crippen LogP contribution in [0, 0.1) is 11.8 Å². The lowest BCUT2D eigenvalue weighted by atomic mass is 9.64. The molecule has 0 aromatic heterocycles. The molecule has 0 radical (unpaired) electrons. The molecule has 3 aromatic rings. The first-order valence-corrected chi connectivity index (χ1v) is 16.1. The van der Waals surface area contributed by atoms with Gasteiger partial charge in [0.1, 0.15) is 0 Å². The zero-order chi connectivity index (χ0) is 31.9. The number of ether oxygens (including phenoxy) is 6. The number of hydrogen-bond donors (Lipinski definition) is 0. The highest BCUT2D eigenvalue weighted by Crippen LogP contribution is 2.57. The second kappa shape index (κ2) is 12.5. The first-order valence-electron chi connectivity index (χ1n) is 15.3. The van der Waals surface area contributed by atoms with Crippen molar-refractivity contribution in [3.05, 3.63) is 81.3 Å². The van der Waals surface area contributed by atoms with Crippen molar-refractivity contribution in [1.82, 2.24) is 9.80 Å². The van der Waals surface area contributed by atoms with Crippen LogP contribution >= 0.6 is 15.9 Å². The maximum absolute atomic E-state index is 13.6. The van der Waals surface area contributed by atoms with Gasteiger partial charge in [-0.2, -0.15) is 0 Å². The molecule has 3 heterocycles. The van der Waals surface area contributed by atoms with Crippen LogP contribution in [0.15, 0.2) is 59.1 Å². The van der Waals surface area contributed by atoms with Crippen molar-refractivity contribution in [3.8, 4) is 28.7 Å². The summed E-state index contributed by atoms with van der Waals surface area (Å²) in [6, 6.07) is 15.6. The van der Waals surface area contributed by atoms with Gasteiger partial charge in [0.15, 0.2) is 23.0 Å². The first kappa shape index (κ1) is 30.4. The van der Waals surface area contributed by atoms with Gasteiger partial charge in [0.05, 0.1) is 33.9 Å². The zero-order valence-corrected chi connectivity index (χ0v) is 27.4. The van der Waals surface area contributed by atoms with E-state index in [1.165, 1.54) is 0 Å². The third-order valence-electron chi connectivity index (χ3n) is 9.50. The van der Waals surface area contributed by atoms with Gasteiger partial charge < -0.3 is 33.3 Å². The van der Waals surface area contributed by atoms with Crippen LogP contribution in [0.2, 0.25) is 0 Å². The van der Waals surface area contributed by atoms with E-state index in [-0.39, 0.29) is 36.5 Å². The summed E-state index contributed by atoms with van der Waals surface area (Å²) in [5, 5.41) is 0. The van der Waals surface area contributed by atoms with Gasteiger partial charge in [0.2, 0.25) is 18.4 Å². The summed E-state index contributed by atoms with van der Waals surface area (Å²) in [6.45, 7) is 2.90. The van der Waals surface area contributed by atoms with Gasteiger partial charge in [-0.1, -0.05) is 28.1 Å². The van der Waals surface area contributed by atoms with Crippen LogP contribution in [-0.4, -0.2) is 82.6 Å². The minimum absolute atomic E-state index is 0.0188. The Morgan fingerprint density at radius 3 is 2.15 bits per heavy atom. The number of benzene rings is 3. The maximum atomic E-state index is 13.6. The lowest BCUT2D eigenvalue weighted by Gasteiger charge is -2.46. The Labute approximate surface area is 275 Å². The summed E-state index contributed by atoms with van der Waals surface area (Å²) in [6.07, 6.45) is 3.48. The van der Waals surface area contributed by atoms with Crippen LogP contribution < -0.4 is 23.7 Å². The normalized spacial score (nSPS) is 23.6. The molecule has 3 aliphatic heterocycles. The van der Waals surface area contributed by atoms with Gasteiger partial charge in [-0.05, 0) is 64.7 Å². The largest absolute Gasteiger partial charge is 0.493 e. The van der Waals surface area contributed by atoms with Crippen LogP contribution in [0.25, 0.3) is 6.08 Å². The molecule has 46 heavy (non-hydrogen) atoms. The van der Waals surface area contributed by atoms with Gasteiger partial charge >= 0.3 is 5.97 Å². The van der Waals surface area contributed by atoms with Crippen LogP contribution in [0.4, 0.5) is 0 Å². The van der Waals surface area contributed by atoms with Crippen LogP contribution in [0.1, 0.15) is 34.2 Å². The number of hydrogen-bond acceptors (Lipinski definition) is 9. The van der Waals surface area contributed by atoms with E-state index in [1.807, 2.05) is 53.4 Å². The second-order valence-electron chi connectivity index (χ2n) is 11.8. The molecule has 11 heteroatoms. The van der Waals surface area contributed by atoms with Crippen molar-refractivity contribution in [1.29, 1.82) is 0 Å². The zero-order valence-electron chi connectivity index (χ0n) is 25.9. The number of esters is 1. The van der Waals surface area contributed by atoms with E-state index < -0.39 is 5.92 Å². The Balaban J connectivity index is 1.22. The Morgan fingerprint density at radius 1 is 0.870 bits per heavy atom. The smallest absolute Gasteiger partial charge is 0.310 e. The van der Waals surface area contributed by atoms with Crippen LogP contribution in [0.3, 0.4) is 0 Å². The second-order valence-corrected chi connectivity index (χ2v) is 12.7. The Hall–Kier alpha value is -4.22. The number of piperazine rings is 1. The monoisotopic (exact) mass is 690 g/mol. The summed E-state index contributed by atoms with van der Waals surface area (Å²) in [5.74, 6) is 1.67. The minimum Gasteiger partial charge on any atom is -0.493 e. The average molecular weight is 692 g/mol. The number of carbonyl (C=O) groups excluding carboxylic acids is 2. The highest BCUT2D eigenvalue weighted by atomic mass is 79.9. The molecule has 7 rings (SSSR count). The SMILES string of the molecule is COc1cc([C@@H]2c3cc4c(cc3[C@@H](N3CCN(C(=O)/C=C/c5ccc(Br)cc5)CC3)[C@H]3COC(=O)[C@H]23)OCO4)cc(OC)c1OC. The summed E-state index contributed by atoms with van der Waals surface area (Å²) >= 11 is 3.45. The van der Waals surface area contributed by atoms with E-state index in [0.29, 0.717) is 61.5 Å². The third-order valence-corrected chi connectivity index (χ3v) is 10.0. The fourth-order valence-electron chi connectivity index (χ4n) is 7.35. The number of carbonyl (C=O) groups is 2. The third kappa shape index (κ3) is 5.35. The summed E-state index contributed by atoms with van der Waals surface area (Å²) in [4.78, 5) is 31.0. The molecule has 2 fully saturated rings. The number of cyclic esters (lactones) is 1. The van der Waals surface area contributed by atoms with Crippen molar-refractivity contribution < 1.29 is 38.0 Å². The highest BCUT2D eigenvalue weighted by Gasteiger charge is 2.54. The summed E-state index contributed by atoms with van der Waals surface area (Å²) < 4.78 is 35.4. The van der Waals surface area contributed by atoms with Crippen molar-refractivity contribution in [2.45, 2.75) is 12.0 Å². The number of methoxy groups -OCH3 is 3. The Morgan fingerprint density at radius 2 is 1.52 bits per heavy atom. The molecule has 0 unspecified atom stereocenters. The van der Waals surface area contributed by atoms with E-state index in [4.69, 9.17) is 28.4 Å². The topological polar surface area (TPSA) is 96.0 Å². The molecule has 240 valence electrons. The molecular formula is C35H35BrN2O8. The standard InChI is InChI=1S/C35H35BrN2O8/c1-41-28-14-21(15-29(42-2)34(28)43-3)31-23-16-26-27(46-19-45-26)17-24(23)33(25-18-44-35(40)32(25)31)38-12-10-37(11-13-38)30(39)9-6-20-4-7-22(36)8-5-20/h4-9,14-17,25,31-33H,10-13,18-19H2,1-3H3/b9-6+/t25-,31+,32-,33+/m0/s1. The van der Waals surface area contributed by atoms with Crippen molar-refractivity contribution in [2.75, 3.05) is 60.9 Å². The number of rotatable bonds is 7. The van der Waals surface area contributed by atoms with E-state index >= 15 is 0 Å². The molecule has 10 nitrogen and oxygen atoms in total. The molecule has 0 spiro atoms. The van der Waals surface area contributed by atoms with Gasteiger partial charge in [-0.15, -0.1) is 0 Å². The molecule has 2 saturated heterocycles. The molecule has 0 N–H and O–H groups in total. The van der Waals surface area contributed by atoms with Gasteiger partial charge in [-0.25, -0.2) is 0 Å². The predicted molar refractivity (Wildman–Crippen MR) is 173 cm³/mol. The first-order chi connectivity index (χ1) is 22.4. The molecular weight excluding hydrogens is 656 g/mol. The predicted octanol–water partition coefficient (Wildman–Crippen LogP) is 5.04. The maximum Gasteiger partial charge on any atom is 0.310 e. The lowest BCUT2D eigenvalue weighted by Crippen LogP contribution is -2.52. The molecule has 3 aromatic carbocycles. The molecule has 1 amide bonds. The molecule has 1 aliphatic carbocycles. The van der Waals surface area contributed by atoms with E-state index in [0.717, 1.165) is 26.7 Å². The molecule has 4 aliphatic rings. The van der Waals surface area contributed by atoms with Gasteiger partial charge in [-0.3, -0.25) is 14.5 Å². The number of halogens is 1. The van der Waals surface area contributed by atoms with Gasteiger partial charge in [0.25, 0.3) is 0 Å². The summed E-state index contributed by atoms with van der Waals surface area (Å²) in [7, 11) is 4.73. The minimum atomic E-state index is -0.450. The van der Waals surface area contributed by atoms with Crippen molar-refractivity contribution >= 4 is 33.9 Å². The quantitative estimate of drug-likeness (QED) is 0.250. The van der Waals surface area contributed by atoms with Crippen LogP contribution in [0.5, 0.6) is 28.7 Å². The number of fused-ring (bicyclic) bond motifs is 3. The number of amides is 1. The van der Waals surface area contributed by atoms with E-state index in [2.05, 4.69) is 26.9 Å². The van der Waals surface area contributed by atoms with Crippen LogP contribution in [-0.2, 0) is 14.3 Å². The molecule has 0 saturated carbocycles. The Bertz CT molecular complexity index is 1660. The van der Waals surface area contributed by atoms with E-state index in [9.17, 15) is 9.59 Å². The van der Waals surface area contributed by atoms with Crippen molar-refractivity contribution in [3.63, 3.8) is 0 Å². The lowest BCUT2D eigenvalue weighted by molar-refractivity contribution is -0.141. The Kier molecular flexibility index (Phi) is 8.29. The average Bonchev–Trinajstić information content (AvgIpc) is 3.71. The summed E-state index contributed by atoms with van der Waals surface area (Å²) in [5.41, 5.74) is 3.86. The number of nitrogens with zero attached hydrogens (tertiary/aromatic N) is 2. The van der Waals surface area contributed by atoms with Gasteiger partial charge in [0, 0.05) is 54.6 Å².